The van der Waals surface area contributed by atoms with Crippen molar-refractivity contribution in [2.75, 3.05) is 44.4 Å². The van der Waals surface area contributed by atoms with Gasteiger partial charge in [0.05, 0.1) is 34.5 Å². The fourth-order valence-corrected chi connectivity index (χ4v) is 5.41. The number of carbonyl (C=O) groups is 1. The summed E-state index contributed by atoms with van der Waals surface area (Å²) in [5.74, 6) is 2.32. The van der Waals surface area contributed by atoms with Crippen LogP contribution in [-0.4, -0.2) is 59.8 Å². The van der Waals surface area contributed by atoms with Crippen LogP contribution >= 0.6 is 11.8 Å². The van der Waals surface area contributed by atoms with Gasteiger partial charge in [-0.25, -0.2) is 4.98 Å². The number of nitrogens with one attached hydrogen (secondary N) is 2. The zero-order chi connectivity index (χ0) is 26.2. The Morgan fingerprint density at radius 2 is 2.16 bits per heavy atom. The SMILES string of the molecule is CCCN(CCc1c(C#N)cnc2ccc(OC)cc12)CC(C)CNCc1ccc2c(n1)NC(=O)CS2. The Bertz CT molecular complexity index is 1290. The summed E-state index contributed by atoms with van der Waals surface area (Å²) in [6.07, 6.45) is 3.52. The van der Waals surface area contributed by atoms with E-state index in [9.17, 15) is 10.1 Å². The van der Waals surface area contributed by atoms with Gasteiger partial charge >= 0.3 is 0 Å². The van der Waals surface area contributed by atoms with Crippen molar-refractivity contribution < 1.29 is 9.53 Å². The number of hydrogen-bond donors (Lipinski definition) is 2. The van der Waals surface area contributed by atoms with Crippen molar-refractivity contribution in [3.05, 3.63) is 53.3 Å². The van der Waals surface area contributed by atoms with E-state index < -0.39 is 0 Å². The molecule has 0 saturated heterocycles. The third-order valence-corrected chi connectivity index (χ3v) is 7.47. The molecule has 1 aliphatic heterocycles. The first kappa shape index (κ1) is 26.9. The standard InChI is InChI=1S/C28H34N6O2S/c1-4-10-34(11-9-23-20(13-29)15-31-25-7-6-22(36-3)12-24(23)25)17-19(2)14-30-16-21-5-8-26-28(32-21)33-27(35)18-37-26/h5-8,12,15,19,30H,4,9-11,14,16-18H2,1-3H3,(H,32,33,35). The normalized spacial score (nSPS) is 13.8. The average Bonchev–Trinajstić information content (AvgIpc) is 2.91. The summed E-state index contributed by atoms with van der Waals surface area (Å²) in [6.45, 7) is 8.79. The maximum atomic E-state index is 11.7. The van der Waals surface area contributed by atoms with Gasteiger partial charge in [0.1, 0.15) is 17.6 Å². The Kier molecular flexibility index (Phi) is 9.34. The summed E-state index contributed by atoms with van der Waals surface area (Å²) >= 11 is 1.53. The molecule has 2 aromatic heterocycles. The molecule has 8 nitrogen and oxygen atoms in total. The van der Waals surface area contributed by atoms with Gasteiger partial charge in [0.2, 0.25) is 5.91 Å². The summed E-state index contributed by atoms with van der Waals surface area (Å²) in [6, 6.07) is 12.2. The molecule has 0 bridgehead atoms. The summed E-state index contributed by atoms with van der Waals surface area (Å²) in [7, 11) is 1.65. The number of ether oxygens (including phenoxy) is 1. The topological polar surface area (TPSA) is 103 Å². The third kappa shape index (κ3) is 6.98. The lowest BCUT2D eigenvalue weighted by atomic mass is 10.0. The van der Waals surface area contributed by atoms with Gasteiger partial charge in [-0.15, -0.1) is 11.8 Å². The van der Waals surface area contributed by atoms with Gasteiger partial charge < -0.3 is 20.3 Å². The number of fused-ring (bicyclic) bond motifs is 2. The van der Waals surface area contributed by atoms with Crippen LogP contribution in [0.4, 0.5) is 5.82 Å². The zero-order valence-corrected chi connectivity index (χ0v) is 22.5. The molecule has 0 spiro atoms. The minimum atomic E-state index is 0.000498. The van der Waals surface area contributed by atoms with E-state index in [0.717, 1.165) is 71.8 Å². The summed E-state index contributed by atoms with van der Waals surface area (Å²) in [4.78, 5) is 24.2. The number of anilines is 1. The van der Waals surface area contributed by atoms with Crippen LogP contribution in [-0.2, 0) is 17.8 Å². The van der Waals surface area contributed by atoms with E-state index in [0.29, 0.717) is 29.6 Å². The lowest BCUT2D eigenvalue weighted by Crippen LogP contribution is -2.35. The van der Waals surface area contributed by atoms with Crippen molar-refractivity contribution in [1.82, 2.24) is 20.2 Å². The molecule has 0 saturated carbocycles. The highest BCUT2D eigenvalue weighted by molar-refractivity contribution is 8.00. The Hall–Kier alpha value is -3.19. The van der Waals surface area contributed by atoms with Crippen molar-refractivity contribution in [1.29, 1.82) is 5.26 Å². The van der Waals surface area contributed by atoms with Gasteiger partial charge in [0, 0.05) is 31.2 Å². The number of methoxy groups -OCH3 is 1. The first-order valence-electron chi connectivity index (χ1n) is 12.7. The number of carbonyl (C=O) groups excluding carboxylic acids is 1. The average molecular weight is 519 g/mol. The van der Waals surface area contributed by atoms with E-state index in [4.69, 9.17) is 4.74 Å². The highest BCUT2D eigenvalue weighted by Crippen LogP contribution is 2.29. The van der Waals surface area contributed by atoms with Crippen LogP contribution in [0.25, 0.3) is 10.9 Å². The van der Waals surface area contributed by atoms with Gasteiger partial charge in [-0.05, 0) is 67.7 Å². The molecule has 194 valence electrons. The molecular weight excluding hydrogens is 484 g/mol. The lowest BCUT2D eigenvalue weighted by Gasteiger charge is -2.26. The Morgan fingerprint density at radius 3 is 2.95 bits per heavy atom. The van der Waals surface area contributed by atoms with Gasteiger partial charge in [0.25, 0.3) is 0 Å². The second kappa shape index (κ2) is 12.9. The number of benzene rings is 1. The van der Waals surface area contributed by atoms with Crippen LogP contribution in [0.1, 0.15) is 37.1 Å². The number of amides is 1. The van der Waals surface area contributed by atoms with Crippen LogP contribution in [0.2, 0.25) is 0 Å². The summed E-state index contributed by atoms with van der Waals surface area (Å²) in [5, 5.41) is 17.1. The molecule has 3 heterocycles. The van der Waals surface area contributed by atoms with E-state index in [1.165, 1.54) is 11.8 Å². The van der Waals surface area contributed by atoms with Crippen LogP contribution in [0.5, 0.6) is 5.75 Å². The predicted octanol–water partition coefficient (Wildman–Crippen LogP) is 4.23. The second-order valence-corrected chi connectivity index (χ2v) is 10.4. The molecule has 3 aromatic rings. The number of nitrogens with zero attached hydrogens (tertiary/aromatic N) is 4. The molecule has 9 heteroatoms. The van der Waals surface area contributed by atoms with Crippen LogP contribution in [0.15, 0.2) is 41.4 Å². The molecule has 0 fully saturated rings. The van der Waals surface area contributed by atoms with Crippen LogP contribution in [0, 0.1) is 17.2 Å². The highest BCUT2D eigenvalue weighted by Gasteiger charge is 2.17. The number of aromatic nitrogens is 2. The number of nitriles is 1. The van der Waals surface area contributed by atoms with Gasteiger partial charge in [-0.3, -0.25) is 9.78 Å². The molecule has 1 aromatic carbocycles. The number of thioether (sulfide) groups is 1. The Morgan fingerprint density at radius 1 is 1.30 bits per heavy atom. The van der Waals surface area contributed by atoms with E-state index in [1.54, 1.807) is 13.3 Å². The lowest BCUT2D eigenvalue weighted by molar-refractivity contribution is -0.113. The second-order valence-electron chi connectivity index (χ2n) is 9.42. The maximum absolute atomic E-state index is 11.7. The van der Waals surface area contributed by atoms with Crippen molar-refractivity contribution in [3.8, 4) is 11.8 Å². The van der Waals surface area contributed by atoms with Gasteiger partial charge in [-0.2, -0.15) is 5.26 Å². The fraction of sp³-hybridized carbons (Fsp3) is 0.429. The van der Waals surface area contributed by atoms with Crippen LogP contribution in [0.3, 0.4) is 0 Å². The highest BCUT2D eigenvalue weighted by atomic mass is 32.2. The van der Waals surface area contributed by atoms with Crippen molar-refractivity contribution in [2.45, 2.75) is 38.1 Å². The molecule has 1 amide bonds. The quantitative estimate of drug-likeness (QED) is 0.367. The molecule has 0 aliphatic carbocycles. The minimum Gasteiger partial charge on any atom is -0.497 e. The van der Waals surface area contributed by atoms with Crippen molar-refractivity contribution >= 4 is 34.4 Å². The fourth-order valence-electron chi connectivity index (χ4n) is 4.65. The first-order chi connectivity index (χ1) is 18.0. The van der Waals surface area contributed by atoms with Crippen molar-refractivity contribution in [3.63, 3.8) is 0 Å². The van der Waals surface area contributed by atoms with Crippen molar-refractivity contribution in [2.24, 2.45) is 5.92 Å². The number of hydrogen-bond acceptors (Lipinski definition) is 8. The van der Waals surface area contributed by atoms with E-state index in [-0.39, 0.29) is 5.91 Å². The largest absolute Gasteiger partial charge is 0.497 e. The van der Waals surface area contributed by atoms with Gasteiger partial charge in [0.15, 0.2) is 0 Å². The molecule has 1 aliphatic rings. The molecule has 4 rings (SSSR count). The summed E-state index contributed by atoms with van der Waals surface area (Å²) < 4.78 is 5.42. The number of rotatable bonds is 12. The Labute approximate surface area is 222 Å². The van der Waals surface area contributed by atoms with E-state index >= 15 is 0 Å². The molecule has 2 N–H and O–H groups in total. The maximum Gasteiger partial charge on any atom is 0.235 e. The molecular formula is C28H34N6O2S. The molecule has 1 atom stereocenters. The number of pyridine rings is 2. The van der Waals surface area contributed by atoms with E-state index in [1.807, 2.05) is 30.3 Å². The predicted molar refractivity (Wildman–Crippen MR) is 148 cm³/mol. The van der Waals surface area contributed by atoms with Gasteiger partial charge in [-0.1, -0.05) is 13.8 Å². The Balaban J connectivity index is 1.34. The molecule has 37 heavy (non-hydrogen) atoms. The zero-order valence-electron chi connectivity index (χ0n) is 21.7. The first-order valence-corrected chi connectivity index (χ1v) is 13.7. The van der Waals surface area contributed by atoms with Crippen LogP contribution < -0.4 is 15.4 Å². The monoisotopic (exact) mass is 518 g/mol. The molecule has 0 radical (unpaired) electrons. The summed E-state index contributed by atoms with van der Waals surface area (Å²) in [5.41, 5.74) is 3.45. The third-order valence-electron chi connectivity index (χ3n) is 6.43. The molecule has 1 unspecified atom stereocenters. The smallest absolute Gasteiger partial charge is 0.235 e. The van der Waals surface area contributed by atoms with E-state index in [2.05, 4.69) is 45.4 Å². The minimum absolute atomic E-state index is 0.000498.